The van der Waals surface area contributed by atoms with Crippen molar-refractivity contribution in [2.75, 3.05) is 0 Å². The number of carboxylic acids is 1. The zero-order chi connectivity index (χ0) is 13.9. The Hall–Kier alpha value is -1.30. The van der Waals surface area contributed by atoms with Crippen molar-refractivity contribution in [3.05, 3.63) is 33.8 Å². The van der Waals surface area contributed by atoms with Gasteiger partial charge in [-0.15, -0.1) is 0 Å². The fraction of sp³-hybridized carbons (Fsp3) is 0.273. The van der Waals surface area contributed by atoms with E-state index in [2.05, 4.69) is 5.32 Å². The van der Waals surface area contributed by atoms with Crippen molar-refractivity contribution >= 4 is 35.1 Å². The van der Waals surface area contributed by atoms with Crippen LogP contribution in [0.3, 0.4) is 0 Å². The number of amides is 1. The van der Waals surface area contributed by atoms with Crippen LogP contribution < -0.4 is 5.32 Å². The van der Waals surface area contributed by atoms with Gasteiger partial charge in [0.1, 0.15) is 0 Å². The summed E-state index contributed by atoms with van der Waals surface area (Å²) in [7, 11) is 0. The van der Waals surface area contributed by atoms with Crippen molar-refractivity contribution < 1.29 is 19.8 Å². The van der Waals surface area contributed by atoms with E-state index in [4.69, 9.17) is 28.3 Å². The molecular weight excluding hydrogens is 281 g/mol. The van der Waals surface area contributed by atoms with Crippen LogP contribution in [0.4, 0.5) is 0 Å². The molecule has 7 heteroatoms. The van der Waals surface area contributed by atoms with Gasteiger partial charge in [-0.25, -0.2) is 4.79 Å². The van der Waals surface area contributed by atoms with Crippen molar-refractivity contribution in [2.45, 2.75) is 19.1 Å². The van der Waals surface area contributed by atoms with Crippen molar-refractivity contribution in [3.63, 3.8) is 0 Å². The predicted octanol–water partition coefficient (Wildman–Crippen LogP) is 1.56. The second-order valence-corrected chi connectivity index (χ2v) is 4.44. The normalized spacial score (nSPS) is 13.8. The molecule has 0 heterocycles. The van der Waals surface area contributed by atoms with Crippen molar-refractivity contribution in [3.8, 4) is 0 Å². The standard InChI is InChI=1S/C11H11Cl2NO4/c1-5(15)9(11(17)18)14-10(16)8-6(12)3-2-4-7(8)13/h2-5,9,15H,1H3,(H,14,16)(H,17,18). The molecule has 2 atom stereocenters. The molecule has 0 aliphatic carbocycles. The van der Waals surface area contributed by atoms with Crippen LogP contribution in [0.2, 0.25) is 10.0 Å². The highest BCUT2D eigenvalue weighted by Crippen LogP contribution is 2.24. The van der Waals surface area contributed by atoms with Gasteiger partial charge < -0.3 is 15.5 Å². The fourth-order valence-corrected chi connectivity index (χ4v) is 1.89. The second-order valence-electron chi connectivity index (χ2n) is 3.63. The maximum Gasteiger partial charge on any atom is 0.328 e. The van der Waals surface area contributed by atoms with E-state index in [1.807, 2.05) is 0 Å². The maximum absolute atomic E-state index is 11.9. The fourth-order valence-electron chi connectivity index (χ4n) is 1.32. The van der Waals surface area contributed by atoms with E-state index in [-0.39, 0.29) is 15.6 Å². The number of hydrogen-bond donors (Lipinski definition) is 3. The third-order valence-corrected chi connectivity index (χ3v) is 2.85. The molecule has 0 saturated heterocycles. The predicted molar refractivity (Wildman–Crippen MR) is 67.0 cm³/mol. The molecule has 1 aromatic carbocycles. The molecular formula is C11H11Cl2NO4. The first kappa shape index (κ1) is 14.8. The van der Waals surface area contributed by atoms with Gasteiger partial charge in [-0.1, -0.05) is 29.3 Å². The zero-order valence-corrected chi connectivity index (χ0v) is 10.9. The Morgan fingerprint density at radius 2 is 1.78 bits per heavy atom. The highest BCUT2D eigenvalue weighted by Gasteiger charge is 2.27. The summed E-state index contributed by atoms with van der Waals surface area (Å²) in [4.78, 5) is 22.7. The minimum absolute atomic E-state index is 0.0206. The molecule has 18 heavy (non-hydrogen) atoms. The van der Waals surface area contributed by atoms with Gasteiger partial charge in [-0.2, -0.15) is 0 Å². The molecule has 98 valence electrons. The summed E-state index contributed by atoms with van der Waals surface area (Å²) in [5.74, 6) is -2.10. The van der Waals surface area contributed by atoms with E-state index in [0.29, 0.717) is 0 Å². The van der Waals surface area contributed by atoms with Crippen LogP contribution in [-0.2, 0) is 4.79 Å². The number of aliphatic hydroxyl groups is 1. The Morgan fingerprint density at radius 1 is 1.28 bits per heavy atom. The molecule has 0 bridgehead atoms. The Bertz CT molecular complexity index is 456. The lowest BCUT2D eigenvalue weighted by atomic mass is 10.1. The van der Waals surface area contributed by atoms with Gasteiger partial charge in [-0.3, -0.25) is 4.79 Å². The van der Waals surface area contributed by atoms with Crippen LogP contribution in [0.1, 0.15) is 17.3 Å². The monoisotopic (exact) mass is 291 g/mol. The van der Waals surface area contributed by atoms with E-state index in [1.165, 1.54) is 19.1 Å². The SMILES string of the molecule is CC(O)C(NC(=O)c1c(Cl)cccc1Cl)C(=O)O. The quantitative estimate of drug-likeness (QED) is 0.786. The van der Waals surface area contributed by atoms with E-state index in [1.54, 1.807) is 6.07 Å². The molecule has 0 spiro atoms. The van der Waals surface area contributed by atoms with Crippen LogP contribution in [0, 0.1) is 0 Å². The average Bonchev–Trinajstić information content (AvgIpc) is 2.24. The summed E-state index contributed by atoms with van der Waals surface area (Å²) < 4.78 is 0. The summed E-state index contributed by atoms with van der Waals surface area (Å²) in [6.07, 6.45) is -1.24. The minimum Gasteiger partial charge on any atom is -0.480 e. The van der Waals surface area contributed by atoms with Crippen LogP contribution in [-0.4, -0.2) is 34.2 Å². The van der Waals surface area contributed by atoms with Gasteiger partial charge in [0.05, 0.1) is 21.7 Å². The molecule has 1 rings (SSSR count). The number of carboxylic acid groups (broad SMARTS) is 1. The highest BCUT2D eigenvalue weighted by atomic mass is 35.5. The van der Waals surface area contributed by atoms with Gasteiger partial charge in [0.25, 0.3) is 5.91 Å². The van der Waals surface area contributed by atoms with E-state index < -0.39 is 24.0 Å². The molecule has 1 aromatic rings. The molecule has 0 fully saturated rings. The van der Waals surface area contributed by atoms with Gasteiger partial charge in [0, 0.05) is 0 Å². The number of nitrogens with one attached hydrogen (secondary N) is 1. The summed E-state index contributed by atoms with van der Waals surface area (Å²) >= 11 is 11.6. The lowest BCUT2D eigenvalue weighted by Gasteiger charge is -2.17. The number of halogens is 2. The zero-order valence-electron chi connectivity index (χ0n) is 9.35. The molecule has 2 unspecified atom stereocenters. The Kier molecular flexibility index (Phi) is 4.95. The molecule has 0 aromatic heterocycles. The number of aliphatic hydroxyl groups excluding tert-OH is 1. The first-order valence-electron chi connectivity index (χ1n) is 5.00. The Morgan fingerprint density at radius 3 is 2.17 bits per heavy atom. The third-order valence-electron chi connectivity index (χ3n) is 2.22. The lowest BCUT2D eigenvalue weighted by Crippen LogP contribution is -2.47. The van der Waals surface area contributed by atoms with Gasteiger partial charge in [0.15, 0.2) is 6.04 Å². The van der Waals surface area contributed by atoms with Crippen LogP contribution in [0.15, 0.2) is 18.2 Å². The second kappa shape index (κ2) is 6.04. The molecule has 0 aliphatic rings. The molecule has 3 N–H and O–H groups in total. The van der Waals surface area contributed by atoms with Gasteiger partial charge in [-0.05, 0) is 19.1 Å². The van der Waals surface area contributed by atoms with Crippen LogP contribution in [0.5, 0.6) is 0 Å². The molecule has 0 aliphatic heterocycles. The van der Waals surface area contributed by atoms with E-state index in [9.17, 15) is 14.7 Å². The minimum atomic E-state index is -1.43. The average molecular weight is 292 g/mol. The van der Waals surface area contributed by atoms with Gasteiger partial charge >= 0.3 is 5.97 Å². The number of carbonyl (C=O) groups excluding carboxylic acids is 1. The number of hydrogen-bond acceptors (Lipinski definition) is 3. The molecule has 0 radical (unpaired) electrons. The third kappa shape index (κ3) is 3.35. The van der Waals surface area contributed by atoms with Crippen LogP contribution in [0.25, 0.3) is 0 Å². The molecule has 0 saturated carbocycles. The number of carbonyl (C=O) groups is 2. The van der Waals surface area contributed by atoms with E-state index >= 15 is 0 Å². The summed E-state index contributed by atoms with van der Waals surface area (Å²) in [6, 6.07) is 3.05. The molecule has 5 nitrogen and oxygen atoms in total. The smallest absolute Gasteiger partial charge is 0.328 e. The lowest BCUT2D eigenvalue weighted by molar-refractivity contribution is -0.141. The largest absolute Gasteiger partial charge is 0.480 e. The van der Waals surface area contributed by atoms with Crippen LogP contribution >= 0.6 is 23.2 Å². The van der Waals surface area contributed by atoms with Crippen molar-refractivity contribution in [1.29, 1.82) is 0 Å². The summed E-state index contributed by atoms with van der Waals surface area (Å²) in [5.41, 5.74) is -0.0206. The van der Waals surface area contributed by atoms with Crippen molar-refractivity contribution in [1.82, 2.24) is 5.32 Å². The van der Waals surface area contributed by atoms with Crippen molar-refractivity contribution in [2.24, 2.45) is 0 Å². The maximum atomic E-state index is 11.9. The summed E-state index contributed by atoms with van der Waals surface area (Å²) in [6.45, 7) is 1.26. The number of benzene rings is 1. The molecule has 1 amide bonds. The first-order chi connectivity index (χ1) is 8.34. The first-order valence-corrected chi connectivity index (χ1v) is 5.76. The Labute approximate surface area is 113 Å². The number of aliphatic carboxylic acids is 1. The van der Waals surface area contributed by atoms with E-state index in [0.717, 1.165) is 0 Å². The highest BCUT2D eigenvalue weighted by molar-refractivity contribution is 6.39. The topological polar surface area (TPSA) is 86.6 Å². The number of rotatable bonds is 4. The summed E-state index contributed by atoms with van der Waals surface area (Å²) in [5, 5.41) is 20.5. The van der Waals surface area contributed by atoms with Gasteiger partial charge in [0.2, 0.25) is 0 Å². The Balaban J connectivity index is 2.98.